The number of quaternary nitrogens is 1. The van der Waals surface area contributed by atoms with Crippen molar-refractivity contribution in [3.63, 3.8) is 0 Å². The quantitative estimate of drug-likeness (QED) is 0.451. The Morgan fingerprint density at radius 1 is 0.760 bits per heavy atom. The van der Waals surface area contributed by atoms with Gasteiger partial charge in [0.15, 0.2) is 0 Å². The highest BCUT2D eigenvalue weighted by atomic mass is 127. The smallest absolute Gasteiger partial charge is 0.277 e. The van der Waals surface area contributed by atoms with Crippen molar-refractivity contribution in [2.75, 3.05) is 10.2 Å². The Bertz CT molecular complexity index is 871. The number of hydrazine groups is 1. The predicted octanol–water partition coefficient (Wildman–Crippen LogP) is 0.377. The van der Waals surface area contributed by atoms with E-state index in [0.29, 0.717) is 0 Å². The largest absolute Gasteiger partial charge is 1.00 e. The lowest BCUT2D eigenvalue weighted by atomic mass is 10.2. The topological polar surface area (TPSA) is 35.5 Å². The number of rotatable bonds is 3. The van der Waals surface area contributed by atoms with E-state index in [1.807, 2.05) is 41.5 Å². The van der Waals surface area contributed by atoms with E-state index in [4.69, 9.17) is 5.10 Å². The first kappa shape index (κ1) is 17.7. The molecule has 1 aliphatic heterocycles. The van der Waals surface area contributed by atoms with E-state index in [-0.39, 0.29) is 12.4 Å². The fourth-order valence-electron chi connectivity index (χ4n) is 2.63. The minimum atomic E-state index is 0. The van der Waals surface area contributed by atoms with Crippen LogP contribution in [0.15, 0.2) is 90.0 Å². The maximum atomic E-state index is 4.84. The lowest BCUT2D eigenvalue weighted by Crippen LogP contribution is -3.00. The summed E-state index contributed by atoms with van der Waals surface area (Å²) in [7, 11) is 0. The third kappa shape index (κ3) is 3.78. The number of hydrogen-bond acceptors (Lipinski definition) is 3. The van der Waals surface area contributed by atoms with Gasteiger partial charge in [-0.25, -0.2) is 0 Å². The number of hydrogen-bond donors (Lipinski definition) is 1. The summed E-state index contributed by atoms with van der Waals surface area (Å²) in [6, 6.07) is 28.8. The molecule has 2 N–H and O–H groups in total. The summed E-state index contributed by atoms with van der Waals surface area (Å²) in [4.78, 5) is 0. The van der Waals surface area contributed by atoms with Gasteiger partial charge >= 0.3 is 0 Å². The molecule has 0 amide bonds. The second-order valence-electron chi connectivity index (χ2n) is 5.43. The SMILES string of the molecule is Ic1cccc(C2=NN(c3ccccc3)N(c3ccccc3)[NH2+]2)c1.[Cl-]. The third-order valence-corrected chi connectivity index (χ3v) is 4.45. The van der Waals surface area contributed by atoms with Gasteiger partial charge in [0.05, 0.1) is 11.3 Å². The van der Waals surface area contributed by atoms with Gasteiger partial charge in [-0.1, -0.05) is 47.6 Å². The molecule has 3 aromatic carbocycles. The van der Waals surface area contributed by atoms with Crippen LogP contribution in [0.5, 0.6) is 0 Å². The fraction of sp³-hybridized carbons (Fsp3) is 0. The van der Waals surface area contributed by atoms with E-state index in [1.165, 1.54) is 3.57 Å². The van der Waals surface area contributed by atoms with Crippen LogP contribution in [0.1, 0.15) is 5.56 Å². The average Bonchev–Trinajstić information content (AvgIpc) is 3.09. The van der Waals surface area contributed by atoms with E-state index in [1.54, 1.807) is 0 Å². The molecule has 0 radical (unpaired) electrons. The highest BCUT2D eigenvalue weighted by Gasteiger charge is 2.31. The van der Waals surface area contributed by atoms with Crippen molar-refractivity contribution in [3.05, 3.63) is 94.1 Å². The molecule has 4 nitrogen and oxygen atoms in total. The number of para-hydroxylation sites is 2. The summed E-state index contributed by atoms with van der Waals surface area (Å²) in [5.74, 6) is 0.946. The zero-order chi connectivity index (χ0) is 16.4. The molecule has 0 fully saturated rings. The van der Waals surface area contributed by atoms with Crippen LogP contribution < -0.4 is 28.1 Å². The van der Waals surface area contributed by atoms with Crippen molar-refractivity contribution in [1.29, 1.82) is 0 Å². The molecular weight excluding hydrogens is 447 g/mol. The molecule has 0 saturated carbocycles. The molecule has 25 heavy (non-hydrogen) atoms. The standard InChI is InChI=1S/C19H15IN4.ClH/c20-16-9-7-8-15(14-16)19-21-23(17-10-3-1-4-11-17)24(22-19)18-12-5-2-6-13-18;/h1-14H,(H,21,22);1H. The van der Waals surface area contributed by atoms with Gasteiger partial charge in [0.1, 0.15) is 5.69 Å². The second-order valence-corrected chi connectivity index (χ2v) is 6.68. The van der Waals surface area contributed by atoms with Crippen molar-refractivity contribution in [2.45, 2.75) is 0 Å². The van der Waals surface area contributed by atoms with E-state index < -0.39 is 0 Å². The van der Waals surface area contributed by atoms with Crippen LogP contribution in [-0.4, -0.2) is 5.84 Å². The van der Waals surface area contributed by atoms with E-state index in [2.05, 4.69) is 81.7 Å². The molecule has 0 saturated heterocycles. The Morgan fingerprint density at radius 2 is 1.40 bits per heavy atom. The summed E-state index contributed by atoms with van der Waals surface area (Å²) in [5.41, 5.74) is 5.29. The first-order valence-electron chi connectivity index (χ1n) is 7.70. The van der Waals surface area contributed by atoms with Crippen molar-refractivity contribution < 1.29 is 17.8 Å². The lowest BCUT2D eigenvalue weighted by molar-refractivity contribution is -0.545. The normalized spacial score (nSPS) is 13.4. The Hall–Kier alpha value is -2.09. The van der Waals surface area contributed by atoms with Gasteiger partial charge in [-0.3, -0.25) is 0 Å². The molecular formula is C19H16ClIN4. The Labute approximate surface area is 166 Å². The molecule has 0 unspecified atom stereocenters. The molecule has 1 aliphatic rings. The molecule has 0 aromatic heterocycles. The Kier molecular flexibility index (Phi) is 5.57. The molecule has 0 bridgehead atoms. The number of halogens is 2. The number of nitrogens with zero attached hydrogens (tertiary/aromatic N) is 3. The van der Waals surface area contributed by atoms with Crippen LogP contribution in [0.25, 0.3) is 0 Å². The zero-order valence-corrected chi connectivity index (χ0v) is 16.2. The van der Waals surface area contributed by atoms with Gasteiger partial charge < -0.3 is 12.4 Å². The molecule has 4 rings (SSSR count). The Balaban J connectivity index is 0.00000182. The van der Waals surface area contributed by atoms with E-state index >= 15 is 0 Å². The number of nitrogens with two attached hydrogens (primary N) is 1. The summed E-state index contributed by atoms with van der Waals surface area (Å²) < 4.78 is 1.20. The van der Waals surface area contributed by atoms with Crippen LogP contribution >= 0.6 is 22.6 Å². The fourth-order valence-corrected chi connectivity index (χ4v) is 3.18. The molecule has 0 spiro atoms. The maximum Gasteiger partial charge on any atom is 0.277 e. The lowest BCUT2D eigenvalue weighted by Gasteiger charge is -2.23. The highest BCUT2D eigenvalue weighted by molar-refractivity contribution is 14.1. The van der Waals surface area contributed by atoms with Crippen LogP contribution in [0.2, 0.25) is 0 Å². The third-order valence-electron chi connectivity index (χ3n) is 3.78. The van der Waals surface area contributed by atoms with Gasteiger partial charge in [-0.15, -0.1) is 10.2 Å². The number of hydrazone groups is 1. The summed E-state index contributed by atoms with van der Waals surface area (Å²) in [6.07, 6.45) is 0. The molecule has 0 atom stereocenters. The maximum absolute atomic E-state index is 4.84. The first-order chi connectivity index (χ1) is 11.8. The van der Waals surface area contributed by atoms with Crippen molar-refractivity contribution in [1.82, 2.24) is 0 Å². The predicted molar refractivity (Wildman–Crippen MR) is 105 cm³/mol. The van der Waals surface area contributed by atoms with Crippen LogP contribution in [0.4, 0.5) is 11.4 Å². The summed E-state index contributed by atoms with van der Waals surface area (Å²) >= 11 is 2.33. The van der Waals surface area contributed by atoms with Gasteiger partial charge in [0.25, 0.3) is 5.84 Å². The van der Waals surface area contributed by atoms with E-state index in [9.17, 15) is 0 Å². The average molecular weight is 463 g/mol. The van der Waals surface area contributed by atoms with Gasteiger partial charge in [0.2, 0.25) is 0 Å². The van der Waals surface area contributed by atoms with Gasteiger partial charge in [0, 0.05) is 3.57 Å². The van der Waals surface area contributed by atoms with Crippen molar-refractivity contribution in [2.24, 2.45) is 5.10 Å². The first-order valence-corrected chi connectivity index (χ1v) is 8.78. The molecule has 126 valence electrons. The molecule has 1 heterocycles. The molecule has 3 aromatic rings. The zero-order valence-electron chi connectivity index (χ0n) is 13.3. The van der Waals surface area contributed by atoms with E-state index in [0.717, 1.165) is 22.8 Å². The molecule has 0 aliphatic carbocycles. The van der Waals surface area contributed by atoms with Crippen molar-refractivity contribution in [3.8, 4) is 0 Å². The number of amidine groups is 1. The minimum Gasteiger partial charge on any atom is -1.00 e. The monoisotopic (exact) mass is 462 g/mol. The van der Waals surface area contributed by atoms with Crippen LogP contribution in [0, 0.1) is 3.57 Å². The highest BCUT2D eigenvalue weighted by Crippen LogP contribution is 2.22. The summed E-state index contributed by atoms with van der Waals surface area (Å²) in [5, 5.41) is 8.85. The number of anilines is 2. The van der Waals surface area contributed by atoms with Crippen LogP contribution in [-0.2, 0) is 0 Å². The summed E-state index contributed by atoms with van der Waals surface area (Å²) in [6.45, 7) is 0. The van der Waals surface area contributed by atoms with Crippen LogP contribution in [0.3, 0.4) is 0 Å². The minimum absolute atomic E-state index is 0. The van der Waals surface area contributed by atoms with Crippen molar-refractivity contribution >= 4 is 39.8 Å². The number of benzene rings is 3. The van der Waals surface area contributed by atoms with Gasteiger partial charge in [-0.05, 0) is 65.1 Å². The Morgan fingerprint density at radius 3 is 2.04 bits per heavy atom. The van der Waals surface area contributed by atoms with Gasteiger partial charge in [-0.2, -0.15) is 5.43 Å². The second kappa shape index (κ2) is 7.86. The molecule has 6 heteroatoms.